The SMILES string of the molecule is CC[C@H](C)NC(=O)/C=C/c1cn(-c2ccccc2)nc1-c1cccc([N+](=O)[O-])c1. The van der Waals surface area contributed by atoms with Gasteiger partial charge in [0.15, 0.2) is 0 Å². The topological polar surface area (TPSA) is 90.1 Å². The highest BCUT2D eigenvalue weighted by Gasteiger charge is 2.14. The van der Waals surface area contributed by atoms with Crippen molar-refractivity contribution in [3.8, 4) is 16.9 Å². The van der Waals surface area contributed by atoms with Gasteiger partial charge in [-0.25, -0.2) is 4.68 Å². The average Bonchev–Trinajstić information content (AvgIpc) is 3.17. The Morgan fingerprint density at radius 2 is 2.00 bits per heavy atom. The van der Waals surface area contributed by atoms with Crippen LogP contribution >= 0.6 is 0 Å². The van der Waals surface area contributed by atoms with E-state index >= 15 is 0 Å². The van der Waals surface area contributed by atoms with Gasteiger partial charge in [0.2, 0.25) is 5.91 Å². The zero-order chi connectivity index (χ0) is 20.8. The van der Waals surface area contributed by atoms with Crippen molar-refractivity contribution in [2.24, 2.45) is 0 Å². The van der Waals surface area contributed by atoms with Gasteiger partial charge < -0.3 is 5.32 Å². The van der Waals surface area contributed by atoms with E-state index in [0.29, 0.717) is 16.8 Å². The molecule has 7 nitrogen and oxygen atoms in total. The molecule has 0 radical (unpaired) electrons. The molecule has 3 rings (SSSR count). The Labute approximate surface area is 168 Å². The van der Waals surface area contributed by atoms with Crippen molar-refractivity contribution in [2.75, 3.05) is 0 Å². The molecule has 1 atom stereocenters. The van der Waals surface area contributed by atoms with Crippen LogP contribution in [0.2, 0.25) is 0 Å². The van der Waals surface area contributed by atoms with Gasteiger partial charge in [0, 0.05) is 41.6 Å². The molecule has 0 saturated carbocycles. The molecule has 0 aliphatic heterocycles. The lowest BCUT2D eigenvalue weighted by Gasteiger charge is -2.08. The summed E-state index contributed by atoms with van der Waals surface area (Å²) in [6.45, 7) is 3.94. The van der Waals surface area contributed by atoms with E-state index in [1.54, 1.807) is 29.1 Å². The molecule has 0 bridgehead atoms. The Hall–Kier alpha value is -3.74. The lowest BCUT2D eigenvalue weighted by atomic mass is 10.1. The summed E-state index contributed by atoms with van der Waals surface area (Å²) in [6, 6.07) is 15.9. The van der Waals surface area contributed by atoms with E-state index in [-0.39, 0.29) is 17.6 Å². The van der Waals surface area contributed by atoms with Crippen LogP contribution in [0.5, 0.6) is 0 Å². The number of nitrogens with one attached hydrogen (secondary N) is 1. The van der Waals surface area contributed by atoms with Gasteiger partial charge in [-0.3, -0.25) is 14.9 Å². The molecule has 1 N–H and O–H groups in total. The Balaban J connectivity index is 2.02. The van der Waals surface area contributed by atoms with E-state index in [1.807, 2.05) is 44.2 Å². The molecule has 1 amide bonds. The number of nitro benzene ring substituents is 1. The van der Waals surface area contributed by atoms with Crippen molar-refractivity contribution in [2.45, 2.75) is 26.3 Å². The molecular weight excluding hydrogens is 368 g/mol. The second-order valence-corrected chi connectivity index (χ2v) is 6.67. The zero-order valence-electron chi connectivity index (χ0n) is 16.3. The van der Waals surface area contributed by atoms with Crippen molar-refractivity contribution >= 4 is 17.7 Å². The molecule has 0 unspecified atom stereocenters. The summed E-state index contributed by atoms with van der Waals surface area (Å²) < 4.78 is 1.69. The number of rotatable bonds is 7. The quantitative estimate of drug-likeness (QED) is 0.368. The van der Waals surface area contributed by atoms with Crippen molar-refractivity contribution in [1.29, 1.82) is 0 Å². The van der Waals surface area contributed by atoms with E-state index in [9.17, 15) is 14.9 Å². The van der Waals surface area contributed by atoms with Gasteiger partial charge >= 0.3 is 0 Å². The maximum absolute atomic E-state index is 12.1. The predicted octanol–water partition coefficient (Wildman–Crippen LogP) is 4.38. The first-order valence-corrected chi connectivity index (χ1v) is 9.36. The fourth-order valence-corrected chi connectivity index (χ4v) is 2.77. The number of carbonyl (C=O) groups is 1. The van der Waals surface area contributed by atoms with Crippen LogP contribution in [-0.4, -0.2) is 26.7 Å². The predicted molar refractivity (Wildman–Crippen MR) is 113 cm³/mol. The number of hydrogen-bond acceptors (Lipinski definition) is 4. The summed E-state index contributed by atoms with van der Waals surface area (Å²) in [6.07, 6.45) is 5.78. The number of hydrogen-bond donors (Lipinski definition) is 1. The molecule has 2 aromatic carbocycles. The smallest absolute Gasteiger partial charge is 0.270 e. The Bertz CT molecular complexity index is 1040. The fraction of sp³-hybridized carbons (Fsp3) is 0.182. The van der Waals surface area contributed by atoms with Crippen LogP contribution in [0, 0.1) is 10.1 Å². The second kappa shape index (κ2) is 8.97. The maximum Gasteiger partial charge on any atom is 0.270 e. The third kappa shape index (κ3) is 4.95. The number of non-ortho nitro benzene ring substituents is 1. The fourth-order valence-electron chi connectivity index (χ4n) is 2.77. The Morgan fingerprint density at radius 1 is 1.24 bits per heavy atom. The third-order valence-corrected chi connectivity index (χ3v) is 4.51. The Kier molecular flexibility index (Phi) is 6.19. The van der Waals surface area contributed by atoms with E-state index in [0.717, 1.165) is 12.1 Å². The van der Waals surface area contributed by atoms with E-state index in [1.165, 1.54) is 18.2 Å². The van der Waals surface area contributed by atoms with E-state index in [2.05, 4.69) is 10.4 Å². The highest BCUT2D eigenvalue weighted by molar-refractivity contribution is 5.93. The summed E-state index contributed by atoms with van der Waals surface area (Å²) in [7, 11) is 0. The standard InChI is InChI=1S/C22H22N4O3/c1-3-16(2)23-21(27)13-12-18-15-25(19-9-5-4-6-10-19)24-22(18)17-8-7-11-20(14-17)26(28)29/h4-16H,3H2,1-2H3,(H,23,27)/b13-12+/t16-/m0/s1. The normalized spacial score (nSPS) is 12.1. The minimum Gasteiger partial charge on any atom is -0.350 e. The highest BCUT2D eigenvalue weighted by Crippen LogP contribution is 2.27. The number of benzene rings is 2. The average molecular weight is 390 g/mol. The summed E-state index contributed by atoms with van der Waals surface area (Å²) >= 11 is 0. The Morgan fingerprint density at radius 3 is 2.69 bits per heavy atom. The first-order valence-electron chi connectivity index (χ1n) is 9.36. The third-order valence-electron chi connectivity index (χ3n) is 4.51. The number of carbonyl (C=O) groups excluding carboxylic acids is 1. The van der Waals surface area contributed by atoms with Gasteiger partial charge in [0.1, 0.15) is 5.69 Å². The summed E-state index contributed by atoms with van der Waals surface area (Å²) in [5, 5.41) is 18.7. The lowest BCUT2D eigenvalue weighted by molar-refractivity contribution is -0.384. The molecule has 1 heterocycles. The van der Waals surface area contributed by atoms with Gasteiger partial charge in [-0.15, -0.1) is 0 Å². The minimum atomic E-state index is -0.438. The number of amides is 1. The van der Waals surface area contributed by atoms with Crippen LogP contribution in [0.25, 0.3) is 23.0 Å². The van der Waals surface area contributed by atoms with Gasteiger partial charge in [-0.1, -0.05) is 37.3 Å². The molecule has 0 aliphatic carbocycles. The molecule has 0 fully saturated rings. The lowest BCUT2D eigenvalue weighted by Crippen LogP contribution is -2.30. The molecule has 0 saturated heterocycles. The minimum absolute atomic E-state index is 0.0128. The van der Waals surface area contributed by atoms with Crippen molar-refractivity contribution in [3.63, 3.8) is 0 Å². The van der Waals surface area contributed by atoms with Crippen LogP contribution in [-0.2, 0) is 4.79 Å². The monoisotopic (exact) mass is 390 g/mol. The first kappa shape index (κ1) is 20.0. The van der Waals surface area contributed by atoms with Crippen LogP contribution in [0.4, 0.5) is 5.69 Å². The molecule has 29 heavy (non-hydrogen) atoms. The van der Waals surface area contributed by atoms with Crippen LogP contribution in [0.15, 0.2) is 66.9 Å². The molecule has 3 aromatic rings. The number of para-hydroxylation sites is 1. The summed E-state index contributed by atoms with van der Waals surface area (Å²) in [5.74, 6) is -0.197. The molecule has 1 aromatic heterocycles. The number of nitrogens with zero attached hydrogens (tertiary/aromatic N) is 3. The molecular formula is C22H22N4O3. The van der Waals surface area contributed by atoms with Gasteiger partial charge in [0.25, 0.3) is 5.69 Å². The van der Waals surface area contributed by atoms with Crippen molar-refractivity contribution in [1.82, 2.24) is 15.1 Å². The van der Waals surface area contributed by atoms with E-state index in [4.69, 9.17) is 0 Å². The highest BCUT2D eigenvalue weighted by atomic mass is 16.6. The molecule has 0 spiro atoms. The zero-order valence-corrected chi connectivity index (χ0v) is 16.3. The second-order valence-electron chi connectivity index (χ2n) is 6.67. The molecule has 148 valence electrons. The van der Waals surface area contributed by atoms with Crippen LogP contribution in [0.3, 0.4) is 0 Å². The van der Waals surface area contributed by atoms with Gasteiger partial charge in [-0.2, -0.15) is 5.10 Å². The number of nitro groups is 1. The van der Waals surface area contributed by atoms with Gasteiger partial charge in [0.05, 0.1) is 10.6 Å². The van der Waals surface area contributed by atoms with Crippen LogP contribution < -0.4 is 5.32 Å². The van der Waals surface area contributed by atoms with Gasteiger partial charge in [-0.05, 0) is 31.6 Å². The summed E-state index contributed by atoms with van der Waals surface area (Å²) in [5.41, 5.74) is 2.69. The maximum atomic E-state index is 12.1. The molecule has 7 heteroatoms. The van der Waals surface area contributed by atoms with Crippen molar-refractivity contribution < 1.29 is 9.72 Å². The number of aromatic nitrogens is 2. The van der Waals surface area contributed by atoms with Crippen molar-refractivity contribution in [3.05, 3.63) is 82.5 Å². The molecule has 0 aliphatic rings. The summed E-state index contributed by atoms with van der Waals surface area (Å²) in [4.78, 5) is 22.9. The van der Waals surface area contributed by atoms with E-state index < -0.39 is 4.92 Å². The first-order chi connectivity index (χ1) is 14.0. The van der Waals surface area contributed by atoms with Crippen LogP contribution in [0.1, 0.15) is 25.8 Å². The largest absolute Gasteiger partial charge is 0.350 e.